The molecule has 4 rings (SSSR count). The van der Waals surface area contributed by atoms with Gasteiger partial charge < -0.3 is 4.74 Å². The maximum Gasteiger partial charge on any atom is 0.267 e. The largest absolute Gasteiger partial charge is 0.489 e. The molecule has 1 aliphatic rings. The Balaban J connectivity index is 1.55. The number of halogens is 1. The molecule has 0 spiro atoms. The fourth-order valence-electron chi connectivity index (χ4n) is 3.14. The van der Waals surface area contributed by atoms with E-state index in [-0.39, 0.29) is 11.1 Å². The van der Waals surface area contributed by atoms with Gasteiger partial charge in [-0.25, -0.2) is 9.98 Å². The first-order valence-corrected chi connectivity index (χ1v) is 11.5. The lowest BCUT2D eigenvalue weighted by molar-refractivity contribution is -0.121. The molecule has 0 radical (unpaired) electrons. The number of carbonyl (C=O) groups is 1. The molecule has 1 saturated heterocycles. The lowest BCUT2D eigenvalue weighted by atomic mass is 10.1. The summed E-state index contributed by atoms with van der Waals surface area (Å²) < 4.78 is 5.95. The molecule has 0 saturated carbocycles. The summed E-state index contributed by atoms with van der Waals surface area (Å²) in [4.78, 5) is 23.8. The van der Waals surface area contributed by atoms with Crippen LogP contribution in [0.25, 0.3) is 6.08 Å². The molecule has 5 nitrogen and oxygen atoms in total. The molecule has 0 bridgehead atoms. The third kappa shape index (κ3) is 5.72. The van der Waals surface area contributed by atoms with Crippen molar-refractivity contribution in [3.63, 3.8) is 0 Å². The van der Waals surface area contributed by atoms with E-state index < -0.39 is 0 Å². The van der Waals surface area contributed by atoms with Gasteiger partial charge in [0.1, 0.15) is 18.0 Å². The molecular formula is C26H22ClN3O2S. The second kappa shape index (κ2) is 10.5. The zero-order chi connectivity index (χ0) is 23.2. The van der Waals surface area contributed by atoms with Gasteiger partial charge in [-0.1, -0.05) is 59.6 Å². The van der Waals surface area contributed by atoms with Crippen LogP contribution in [-0.2, 0) is 11.4 Å². The summed E-state index contributed by atoms with van der Waals surface area (Å²) in [6.07, 6.45) is 5.11. The standard InChI is InChI=1S/C26H22ClN3O2S/c1-3-14-30-25(31)23(33-26(30)29-22-8-5-13-28-24(22)27)16-20-6-4-7-21(15-20)32-17-19-11-9-18(2)10-12-19/h3-13,15-16H,1,14,17H2,2H3/b23-16-,29-26?. The Kier molecular flexibility index (Phi) is 7.27. The van der Waals surface area contributed by atoms with E-state index in [1.165, 1.54) is 17.3 Å². The minimum absolute atomic E-state index is 0.135. The Labute approximate surface area is 202 Å². The Morgan fingerprint density at radius 3 is 2.76 bits per heavy atom. The van der Waals surface area contributed by atoms with Crippen LogP contribution in [0.4, 0.5) is 5.69 Å². The van der Waals surface area contributed by atoms with E-state index in [0.29, 0.717) is 28.9 Å². The van der Waals surface area contributed by atoms with E-state index in [1.54, 1.807) is 29.3 Å². The molecule has 3 aromatic rings. The van der Waals surface area contributed by atoms with Crippen LogP contribution in [0.5, 0.6) is 5.75 Å². The van der Waals surface area contributed by atoms with Gasteiger partial charge in [-0.3, -0.25) is 9.69 Å². The SMILES string of the molecule is C=CCN1C(=O)/C(=C/c2cccc(OCc3ccc(C)cc3)c2)SC1=Nc1cccnc1Cl. The summed E-state index contributed by atoms with van der Waals surface area (Å²) in [5.41, 5.74) is 3.69. The van der Waals surface area contributed by atoms with Crippen molar-refractivity contribution in [3.05, 3.63) is 106 Å². The van der Waals surface area contributed by atoms with Crippen molar-refractivity contribution in [3.8, 4) is 5.75 Å². The van der Waals surface area contributed by atoms with Crippen molar-refractivity contribution in [2.24, 2.45) is 4.99 Å². The highest BCUT2D eigenvalue weighted by molar-refractivity contribution is 8.18. The highest BCUT2D eigenvalue weighted by Gasteiger charge is 2.32. The highest BCUT2D eigenvalue weighted by Crippen LogP contribution is 2.35. The first-order valence-electron chi connectivity index (χ1n) is 10.3. The van der Waals surface area contributed by atoms with Gasteiger partial charge in [0.15, 0.2) is 10.3 Å². The van der Waals surface area contributed by atoms with Gasteiger partial charge in [-0.2, -0.15) is 0 Å². The molecule has 33 heavy (non-hydrogen) atoms. The van der Waals surface area contributed by atoms with Crippen LogP contribution >= 0.6 is 23.4 Å². The van der Waals surface area contributed by atoms with Gasteiger partial charge in [0, 0.05) is 12.7 Å². The number of aliphatic imine (C=N–C) groups is 1. The number of hydrogen-bond acceptors (Lipinski definition) is 5. The van der Waals surface area contributed by atoms with Crippen molar-refractivity contribution in [1.82, 2.24) is 9.88 Å². The highest BCUT2D eigenvalue weighted by atomic mass is 35.5. The summed E-state index contributed by atoms with van der Waals surface area (Å²) in [7, 11) is 0. The molecular weight excluding hydrogens is 454 g/mol. The van der Waals surface area contributed by atoms with Crippen LogP contribution in [-0.4, -0.2) is 27.5 Å². The molecule has 1 aromatic heterocycles. The fourth-order valence-corrected chi connectivity index (χ4v) is 4.30. The summed E-state index contributed by atoms with van der Waals surface area (Å²) in [5.74, 6) is 0.601. The van der Waals surface area contributed by atoms with Crippen LogP contribution < -0.4 is 4.74 Å². The number of aryl methyl sites for hydroxylation is 1. The van der Waals surface area contributed by atoms with Gasteiger partial charge >= 0.3 is 0 Å². The van der Waals surface area contributed by atoms with E-state index in [2.05, 4.69) is 47.7 Å². The van der Waals surface area contributed by atoms with Crippen molar-refractivity contribution in [1.29, 1.82) is 0 Å². The number of benzene rings is 2. The monoisotopic (exact) mass is 475 g/mol. The molecule has 2 aromatic carbocycles. The Morgan fingerprint density at radius 1 is 1.18 bits per heavy atom. The van der Waals surface area contributed by atoms with Crippen LogP contribution in [0, 0.1) is 6.92 Å². The van der Waals surface area contributed by atoms with Crippen LogP contribution in [0.15, 0.2) is 89.4 Å². The molecule has 166 valence electrons. The molecule has 7 heteroatoms. The van der Waals surface area contributed by atoms with Crippen molar-refractivity contribution < 1.29 is 9.53 Å². The van der Waals surface area contributed by atoms with E-state index in [9.17, 15) is 4.79 Å². The maximum atomic E-state index is 13.0. The molecule has 0 aliphatic carbocycles. The van der Waals surface area contributed by atoms with E-state index in [0.717, 1.165) is 16.9 Å². The Bertz CT molecular complexity index is 1240. The number of pyridine rings is 1. The molecule has 1 aliphatic heterocycles. The van der Waals surface area contributed by atoms with Gasteiger partial charge in [-0.15, -0.1) is 6.58 Å². The predicted octanol–water partition coefficient (Wildman–Crippen LogP) is 6.41. The number of thioether (sulfide) groups is 1. The lowest BCUT2D eigenvalue weighted by Crippen LogP contribution is -2.29. The first-order chi connectivity index (χ1) is 16.0. The maximum absolute atomic E-state index is 13.0. The normalized spacial score (nSPS) is 15.9. The van der Waals surface area contributed by atoms with E-state index >= 15 is 0 Å². The number of amides is 1. The fraction of sp³-hybridized carbons (Fsp3) is 0.115. The number of rotatable bonds is 7. The molecule has 1 amide bonds. The number of nitrogens with zero attached hydrogens (tertiary/aromatic N) is 3. The predicted molar refractivity (Wildman–Crippen MR) is 136 cm³/mol. The summed E-state index contributed by atoms with van der Waals surface area (Å²) in [6.45, 7) is 6.64. The second-order valence-electron chi connectivity index (χ2n) is 7.37. The van der Waals surface area contributed by atoms with Crippen LogP contribution in [0.3, 0.4) is 0 Å². The molecule has 0 N–H and O–H groups in total. The van der Waals surface area contributed by atoms with Crippen molar-refractivity contribution >= 4 is 46.2 Å². The van der Waals surface area contributed by atoms with Gasteiger partial charge in [0.05, 0.1) is 4.91 Å². The lowest BCUT2D eigenvalue weighted by Gasteiger charge is -2.12. The smallest absolute Gasteiger partial charge is 0.267 e. The number of aromatic nitrogens is 1. The Hall–Kier alpha value is -3.35. The topological polar surface area (TPSA) is 54.8 Å². The van der Waals surface area contributed by atoms with Gasteiger partial charge in [0.25, 0.3) is 5.91 Å². The molecule has 1 fully saturated rings. The van der Waals surface area contributed by atoms with Crippen LogP contribution in [0.2, 0.25) is 5.15 Å². The summed E-state index contributed by atoms with van der Waals surface area (Å²) in [6, 6.07) is 19.4. The van der Waals surface area contributed by atoms with E-state index in [1.807, 2.05) is 30.3 Å². The first kappa shape index (κ1) is 22.8. The quantitative estimate of drug-likeness (QED) is 0.225. The molecule has 2 heterocycles. The third-order valence-corrected chi connectivity index (χ3v) is 6.14. The van der Waals surface area contributed by atoms with E-state index in [4.69, 9.17) is 16.3 Å². The zero-order valence-corrected chi connectivity index (χ0v) is 19.6. The minimum Gasteiger partial charge on any atom is -0.489 e. The molecule has 0 unspecified atom stereocenters. The number of amidine groups is 1. The van der Waals surface area contributed by atoms with Crippen molar-refractivity contribution in [2.45, 2.75) is 13.5 Å². The average Bonchev–Trinajstić information content (AvgIpc) is 3.10. The molecule has 0 atom stereocenters. The number of hydrogen-bond donors (Lipinski definition) is 0. The van der Waals surface area contributed by atoms with Gasteiger partial charge in [0.2, 0.25) is 0 Å². The third-order valence-electron chi connectivity index (χ3n) is 4.84. The summed E-state index contributed by atoms with van der Waals surface area (Å²) >= 11 is 7.44. The number of carbonyl (C=O) groups excluding carboxylic acids is 1. The van der Waals surface area contributed by atoms with Crippen molar-refractivity contribution in [2.75, 3.05) is 6.54 Å². The zero-order valence-electron chi connectivity index (χ0n) is 18.1. The average molecular weight is 476 g/mol. The number of ether oxygens (including phenoxy) is 1. The second-order valence-corrected chi connectivity index (χ2v) is 8.74. The summed E-state index contributed by atoms with van der Waals surface area (Å²) in [5, 5.41) is 0.820. The van der Waals surface area contributed by atoms with Crippen LogP contribution in [0.1, 0.15) is 16.7 Å². The minimum atomic E-state index is -0.135. The van der Waals surface area contributed by atoms with Gasteiger partial charge in [-0.05, 0) is 60.2 Å². The Morgan fingerprint density at radius 2 is 2.00 bits per heavy atom.